The van der Waals surface area contributed by atoms with Gasteiger partial charge in [-0.2, -0.15) is 0 Å². The quantitative estimate of drug-likeness (QED) is 0.285. The van der Waals surface area contributed by atoms with Crippen molar-refractivity contribution in [2.45, 2.75) is 51.0 Å². The number of piperidine rings is 1. The van der Waals surface area contributed by atoms with E-state index in [1.807, 2.05) is 6.07 Å². The van der Waals surface area contributed by atoms with Gasteiger partial charge in [-0.25, -0.2) is 13.8 Å². The van der Waals surface area contributed by atoms with E-state index in [-0.39, 0.29) is 0 Å². The number of ether oxygens (including phenoxy) is 1. The van der Waals surface area contributed by atoms with E-state index in [4.69, 9.17) is 4.74 Å². The normalized spacial score (nSPS) is 18.4. The van der Waals surface area contributed by atoms with Crippen LogP contribution in [0, 0.1) is 11.6 Å². The van der Waals surface area contributed by atoms with Crippen LogP contribution in [0.5, 0.6) is 5.75 Å². The third-order valence-corrected chi connectivity index (χ3v) is 8.55. The summed E-state index contributed by atoms with van der Waals surface area (Å²) in [5, 5.41) is 4.22. The van der Waals surface area contributed by atoms with Crippen LogP contribution in [-0.4, -0.2) is 48.2 Å². The standard InChI is InChI=1S/C32H36F2N4O/c1-20-25-16-21(5-6-22(25)9-12-35-20)4-3-13-38-14-10-23(11-15-38)29-18-27-31(28(34)19-36-32(27)37-29)26-17-24(33)7-8-30(26)39-2/h5-8,16-20,23,35H,3-4,9-15H2,1-2H3,(H,36,37). The molecule has 0 spiro atoms. The highest BCUT2D eigenvalue weighted by Crippen LogP contribution is 2.39. The van der Waals surface area contributed by atoms with Crippen molar-refractivity contribution in [2.75, 3.05) is 33.3 Å². The van der Waals surface area contributed by atoms with Gasteiger partial charge in [-0.15, -0.1) is 0 Å². The van der Waals surface area contributed by atoms with Gasteiger partial charge in [0.2, 0.25) is 0 Å². The molecule has 0 amide bonds. The van der Waals surface area contributed by atoms with Crippen molar-refractivity contribution in [1.29, 1.82) is 0 Å². The maximum atomic E-state index is 15.0. The van der Waals surface area contributed by atoms with E-state index in [2.05, 4.69) is 45.3 Å². The fraction of sp³-hybridized carbons (Fsp3) is 0.406. The molecule has 6 rings (SSSR count). The molecule has 1 atom stereocenters. The van der Waals surface area contributed by atoms with Crippen LogP contribution < -0.4 is 10.1 Å². The average molecular weight is 531 g/mol. The molecule has 0 radical (unpaired) electrons. The van der Waals surface area contributed by atoms with Crippen molar-refractivity contribution in [3.8, 4) is 16.9 Å². The molecule has 2 N–H and O–H groups in total. The fourth-order valence-electron chi connectivity index (χ4n) is 6.38. The Kier molecular flexibility index (Phi) is 7.36. The van der Waals surface area contributed by atoms with Gasteiger partial charge in [0.25, 0.3) is 0 Å². The summed E-state index contributed by atoms with van der Waals surface area (Å²) in [5.41, 5.74) is 6.79. The lowest BCUT2D eigenvalue weighted by Gasteiger charge is -2.31. The minimum absolute atomic E-state index is 0.323. The molecular formula is C32H36F2N4O. The van der Waals surface area contributed by atoms with Gasteiger partial charge in [-0.1, -0.05) is 18.2 Å². The monoisotopic (exact) mass is 530 g/mol. The number of fused-ring (bicyclic) bond motifs is 2. The molecule has 0 aliphatic carbocycles. The summed E-state index contributed by atoms with van der Waals surface area (Å²) >= 11 is 0. The van der Waals surface area contributed by atoms with Crippen molar-refractivity contribution >= 4 is 11.0 Å². The first-order valence-corrected chi connectivity index (χ1v) is 14.1. The molecule has 2 aromatic carbocycles. The van der Waals surface area contributed by atoms with Crippen LogP contribution in [0.1, 0.15) is 60.5 Å². The van der Waals surface area contributed by atoms with Crippen LogP contribution in [0.25, 0.3) is 22.2 Å². The maximum absolute atomic E-state index is 15.0. The highest BCUT2D eigenvalue weighted by Gasteiger charge is 2.24. The van der Waals surface area contributed by atoms with Crippen molar-refractivity contribution < 1.29 is 13.5 Å². The number of H-pyrrole nitrogens is 1. The Balaban J connectivity index is 1.10. The van der Waals surface area contributed by atoms with Crippen LogP contribution in [0.3, 0.4) is 0 Å². The van der Waals surface area contributed by atoms with Gasteiger partial charge in [0, 0.05) is 34.2 Å². The SMILES string of the molecule is COc1ccc(F)cc1-c1c(F)cnc2[nH]c(C3CCN(CCCc4ccc5c(c4)C(C)NCC5)CC3)cc12. The number of aromatic amines is 1. The number of nitrogens with one attached hydrogen (secondary N) is 2. The largest absolute Gasteiger partial charge is 0.496 e. The van der Waals surface area contributed by atoms with Crippen molar-refractivity contribution in [2.24, 2.45) is 0 Å². The molecule has 4 heterocycles. The second-order valence-electron chi connectivity index (χ2n) is 11.0. The van der Waals surface area contributed by atoms with Crippen LogP contribution in [0.15, 0.2) is 48.7 Å². The van der Waals surface area contributed by atoms with Crippen LogP contribution >= 0.6 is 0 Å². The summed E-state index contributed by atoms with van der Waals surface area (Å²) in [7, 11) is 1.51. The second kappa shape index (κ2) is 11.1. The molecule has 2 aromatic heterocycles. The smallest absolute Gasteiger partial charge is 0.150 e. The second-order valence-corrected chi connectivity index (χ2v) is 11.0. The minimum Gasteiger partial charge on any atom is -0.496 e. The molecular weight excluding hydrogens is 494 g/mol. The predicted molar refractivity (Wildman–Crippen MR) is 151 cm³/mol. The van der Waals surface area contributed by atoms with Gasteiger partial charge in [0.15, 0.2) is 0 Å². The number of methoxy groups -OCH3 is 1. The van der Waals surface area contributed by atoms with Gasteiger partial charge in [-0.05, 0) is 106 Å². The molecule has 2 aliphatic heterocycles. The minimum atomic E-state index is -0.489. The van der Waals surface area contributed by atoms with Crippen LogP contribution in [-0.2, 0) is 12.8 Å². The first-order chi connectivity index (χ1) is 19.0. The number of aryl methyl sites for hydroxylation is 1. The van der Waals surface area contributed by atoms with Crippen molar-refractivity contribution in [3.05, 3.63) is 82.7 Å². The number of rotatable bonds is 7. The summed E-state index contributed by atoms with van der Waals surface area (Å²) < 4.78 is 34.5. The molecule has 5 nitrogen and oxygen atoms in total. The predicted octanol–water partition coefficient (Wildman–Crippen LogP) is 6.54. The van der Waals surface area contributed by atoms with Gasteiger partial charge in [-0.3, -0.25) is 0 Å². The Hall–Kier alpha value is -3.29. The number of hydrogen-bond acceptors (Lipinski definition) is 4. The molecule has 2 aliphatic rings. The summed E-state index contributed by atoms with van der Waals surface area (Å²) in [4.78, 5) is 10.3. The number of nitrogens with zero attached hydrogens (tertiary/aromatic N) is 2. The number of pyridine rings is 1. The lowest BCUT2D eigenvalue weighted by molar-refractivity contribution is 0.209. The third kappa shape index (κ3) is 5.30. The molecule has 204 valence electrons. The zero-order valence-electron chi connectivity index (χ0n) is 22.7. The number of hydrogen-bond donors (Lipinski definition) is 2. The Labute approximate surface area is 228 Å². The van der Waals surface area contributed by atoms with Gasteiger partial charge in [0.1, 0.15) is 23.0 Å². The van der Waals surface area contributed by atoms with Crippen LogP contribution in [0.4, 0.5) is 8.78 Å². The number of benzene rings is 2. The number of halogens is 2. The number of aromatic nitrogens is 2. The lowest BCUT2D eigenvalue weighted by Crippen LogP contribution is -2.34. The van der Waals surface area contributed by atoms with E-state index >= 15 is 4.39 Å². The summed E-state index contributed by atoms with van der Waals surface area (Å²) in [6.07, 6.45) is 6.65. The first-order valence-electron chi connectivity index (χ1n) is 14.1. The van der Waals surface area contributed by atoms with E-state index in [0.29, 0.717) is 39.9 Å². The van der Waals surface area contributed by atoms with Gasteiger partial charge < -0.3 is 19.9 Å². The van der Waals surface area contributed by atoms with Crippen molar-refractivity contribution in [1.82, 2.24) is 20.2 Å². The zero-order chi connectivity index (χ0) is 26.9. The molecule has 0 saturated carbocycles. The molecule has 7 heteroatoms. The summed E-state index contributed by atoms with van der Waals surface area (Å²) in [6.45, 7) is 6.50. The Morgan fingerprint density at radius 1 is 1.08 bits per heavy atom. The zero-order valence-corrected chi connectivity index (χ0v) is 22.7. The van der Waals surface area contributed by atoms with E-state index in [1.165, 1.54) is 48.2 Å². The van der Waals surface area contributed by atoms with E-state index < -0.39 is 11.6 Å². The van der Waals surface area contributed by atoms with E-state index in [0.717, 1.165) is 64.0 Å². The van der Waals surface area contributed by atoms with Crippen molar-refractivity contribution in [3.63, 3.8) is 0 Å². The highest BCUT2D eigenvalue weighted by atomic mass is 19.1. The van der Waals surface area contributed by atoms with Gasteiger partial charge in [0.05, 0.1) is 13.3 Å². The molecule has 1 fully saturated rings. The first kappa shape index (κ1) is 26.0. The van der Waals surface area contributed by atoms with E-state index in [9.17, 15) is 4.39 Å². The fourth-order valence-corrected chi connectivity index (χ4v) is 6.38. The molecule has 4 aromatic rings. The molecule has 1 saturated heterocycles. The molecule has 1 unspecified atom stereocenters. The molecule has 39 heavy (non-hydrogen) atoms. The van der Waals surface area contributed by atoms with Crippen LogP contribution in [0.2, 0.25) is 0 Å². The average Bonchev–Trinajstić information content (AvgIpc) is 3.38. The highest BCUT2D eigenvalue weighted by molar-refractivity contribution is 5.95. The Morgan fingerprint density at radius 2 is 1.92 bits per heavy atom. The van der Waals surface area contributed by atoms with Gasteiger partial charge >= 0.3 is 0 Å². The maximum Gasteiger partial charge on any atom is 0.150 e. The number of likely N-dealkylation sites (tertiary alicyclic amines) is 1. The van der Waals surface area contributed by atoms with E-state index in [1.54, 1.807) is 0 Å². The third-order valence-electron chi connectivity index (χ3n) is 8.55. The Bertz CT molecular complexity index is 1470. The molecule has 0 bridgehead atoms. The topological polar surface area (TPSA) is 53.2 Å². The summed E-state index contributed by atoms with van der Waals surface area (Å²) in [6, 6.07) is 13.6. The Morgan fingerprint density at radius 3 is 2.74 bits per heavy atom. The lowest BCUT2D eigenvalue weighted by atomic mass is 9.92. The summed E-state index contributed by atoms with van der Waals surface area (Å²) in [5.74, 6) is -0.135.